The van der Waals surface area contributed by atoms with Crippen LogP contribution in [-0.4, -0.2) is 47.9 Å². The Morgan fingerprint density at radius 3 is 2.04 bits per heavy atom. The van der Waals surface area contributed by atoms with E-state index in [1.807, 2.05) is 0 Å². The summed E-state index contributed by atoms with van der Waals surface area (Å²) in [7, 11) is 0. The van der Waals surface area contributed by atoms with Crippen molar-refractivity contribution in [3.05, 3.63) is 0 Å². The monoisotopic (exact) mass is 362 g/mol. The van der Waals surface area contributed by atoms with Crippen molar-refractivity contribution in [2.45, 2.75) is 63.8 Å². The fourth-order valence-electron chi connectivity index (χ4n) is 6.28. The highest BCUT2D eigenvalue weighted by molar-refractivity contribution is 6.35. The Labute approximate surface area is 155 Å². The van der Waals surface area contributed by atoms with Crippen LogP contribution in [0.15, 0.2) is 0 Å². The fourth-order valence-corrected chi connectivity index (χ4v) is 6.28. The van der Waals surface area contributed by atoms with Gasteiger partial charge in [-0.2, -0.15) is 0 Å². The number of ether oxygens (including phenoxy) is 1. The first-order valence-corrected chi connectivity index (χ1v) is 10.3. The molecule has 0 atom stereocenters. The average Bonchev–Trinajstić information content (AvgIpc) is 2.60. The number of esters is 1. The Hall–Kier alpha value is -1.59. The average molecular weight is 362 g/mol. The molecule has 0 unspecified atom stereocenters. The van der Waals surface area contributed by atoms with Crippen molar-refractivity contribution in [1.82, 2.24) is 10.2 Å². The lowest BCUT2D eigenvalue weighted by molar-refractivity contribution is -0.153. The molecule has 0 spiro atoms. The highest BCUT2D eigenvalue weighted by atomic mass is 16.5. The topological polar surface area (TPSA) is 75.7 Å². The number of nitrogens with zero attached hydrogens (tertiary/aromatic N) is 1. The maximum Gasteiger partial charge on any atom is 0.311 e. The van der Waals surface area contributed by atoms with Crippen molar-refractivity contribution in [1.29, 1.82) is 0 Å². The summed E-state index contributed by atoms with van der Waals surface area (Å²) < 4.78 is 5.06. The van der Waals surface area contributed by atoms with Crippen LogP contribution in [0.1, 0.15) is 58.3 Å². The van der Waals surface area contributed by atoms with Crippen molar-refractivity contribution in [2.24, 2.45) is 23.7 Å². The third-order valence-corrected chi connectivity index (χ3v) is 7.01. The van der Waals surface area contributed by atoms with E-state index in [1.165, 1.54) is 19.3 Å². The molecule has 5 fully saturated rings. The Kier molecular flexibility index (Phi) is 4.70. The zero-order chi connectivity index (χ0) is 18.3. The number of likely N-dealkylation sites (tertiary alicyclic amines) is 1. The number of nitrogens with one attached hydrogen (secondary N) is 1. The Morgan fingerprint density at radius 2 is 1.54 bits per heavy atom. The molecule has 4 saturated carbocycles. The maximum absolute atomic E-state index is 12.7. The van der Waals surface area contributed by atoms with E-state index in [1.54, 1.807) is 11.8 Å². The van der Waals surface area contributed by atoms with Crippen LogP contribution in [0.2, 0.25) is 0 Å². The van der Waals surface area contributed by atoms with Gasteiger partial charge in [0.25, 0.3) is 0 Å². The second kappa shape index (κ2) is 6.86. The molecule has 5 aliphatic rings. The van der Waals surface area contributed by atoms with Crippen LogP contribution in [0.3, 0.4) is 0 Å². The number of amides is 2. The number of rotatable bonds is 3. The highest BCUT2D eigenvalue weighted by Gasteiger charge is 2.52. The number of piperidine rings is 1. The summed E-state index contributed by atoms with van der Waals surface area (Å²) in [6.45, 7) is 3.09. The van der Waals surface area contributed by atoms with Gasteiger partial charge in [-0.1, -0.05) is 0 Å². The summed E-state index contributed by atoms with van der Waals surface area (Å²) >= 11 is 0. The molecule has 144 valence electrons. The lowest BCUT2D eigenvalue weighted by atomic mass is 9.53. The minimum Gasteiger partial charge on any atom is -0.466 e. The molecule has 6 nitrogen and oxygen atoms in total. The molecule has 0 aromatic heterocycles. The van der Waals surface area contributed by atoms with Gasteiger partial charge in [-0.05, 0) is 76.0 Å². The molecule has 0 radical (unpaired) electrons. The molecular weight excluding hydrogens is 332 g/mol. The third-order valence-electron chi connectivity index (χ3n) is 7.01. The van der Waals surface area contributed by atoms with E-state index in [0.29, 0.717) is 32.5 Å². The number of carbonyl (C=O) groups excluding carboxylic acids is 3. The molecule has 5 rings (SSSR count). The van der Waals surface area contributed by atoms with Gasteiger partial charge in [0.2, 0.25) is 0 Å². The second-order valence-electron chi connectivity index (χ2n) is 8.97. The van der Waals surface area contributed by atoms with Crippen LogP contribution in [-0.2, 0) is 19.1 Å². The minimum atomic E-state index is -0.443. The number of carbonyl (C=O) groups is 3. The standard InChI is InChI=1S/C20H30N2O4/c1-2-26-19(25)16-3-5-22(6-4-16)18(24)17(23)21-20-10-13-7-14(11-20)9-15(8-13)12-20/h13-16H,2-12H2,1H3,(H,21,23). The molecular formula is C20H30N2O4. The summed E-state index contributed by atoms with van der Waals surface area (Å²) in [5.41, 5.74) is -0.134. The first-order valence-electron chi connectivity index (χ1n) is 10.3. The van der Waals surface area contributed by atoms with E-state index >= 15 is 0 Å². The van der Waals surface area contributed by atoms with E-state index in [-0.39, 0.29) is 17.4 Å². The van der Waals surface area contributed by atoms with Gasteiger partial charge in [0.1, 0.15) is 0 Å². The number of hydrogen-bond acceptors (Lipinski definition) is 4. The van der Waals surface area contributed by atoms with E-state index in [2.05, 4.69) is 5.32 Å². The van der Waals surface area contributed by atoms with Gasteiger partial charge in [0.05, 0.1) is 12.5 Å². The summed E-state index contributed by atoms with van der Waals surface area (Å²) in [5.74, 6) is 0.998. The van der Waals surface area contributed by atoms with Crippen LogP contribution in [0.4, 0.5) is 0 Å². The van der Waals surface area contributed by atoms with Gasteiger partial charge in [0, 0.05) is 18.6 Å². The summed E-state index contributed by atoms with van der Waals surface area (Å²) in [5, 5.41) is 3.15. The summed E-state index contributed by atoms with van der Waals surface area (Å²) in [6.07, 6.45) is 8.22. The van der Waals surface area contributed by atoms with Gasteiger partial charge in [-0.3, -0.25) is 14.4 Å². The summed E-state index contributed by atoms with van der Waals surface area (Å²) in [4.78, 5) is 38.7. The molecule has 0 aromatic carbocycles. The second-order valence-corrected chi connectivity index (χ2v) is 8.97. The van der Waals surface area contributed by atoms with Crippen LogP contribution >= 0.6 is 0 Å². The lowest BCUT2D eigenvalue weighted by Gasteiger charge is -2.56. The maximum atomic E-state index is 12.7. The first-order chi connectivity index (χ1) is 12.5. The van der Waals surface area contributed by atoms with Crippen molar-refractivity contribution in [3.63, 3.8) is 0 Å². The number of hydrogen-bond donors (Lipinski definition) is 1. The largest absolute Gasteiger partial charge is 0.466 e. The van der Waals surface area contributed by atoms with Crippen molar-refractivity contribution < 1.29 is 19.1 Å². The third kappa shape index (κ3) is 3.35. The van der Waals surface area contributed by atoms with Gasteiger partial charge >= 0.3 is 17.8 Å². The van der Waals surface area contributed by atoms with Crippen LogP contribution in [0.5, 0.6) is 0 Å². The Morgan fingerprint density at radius 1 is 1.00 bits per heavy atom. The molecule has 1 heterocycles. The van der Waals surface area contributed by atoms with E-state index < -0.39 is 11.8 Å². The van der Waals surface area contributed by atoms with Gasteiger partial charge in [-0.15, -0.1) is 0 Å². The lowest BCUT2D eigenvalue weighted by Crippen LogP contribution is -2.62. The molecule has 6 heteroatoms. The minimum absolute atomic E-state index is 0.134. The predicted octanol–water partition coefficient (Wildman–Crippen LogP) is 1.87. The fraction of sp³-hybridized carbons (Fsp3) is 0.850. The van der Waals surface area contributed by atoms with Crippen molar-refractivity contribution >= 4 is 17.8 Å². The van der Waals surface area contributed by atoms with Gasteiger partial charge < -0.3 is 15.0 Å². The smallest absolute Gasteiger partial charge is 0.311 e. The molecule has 0 aromatic rings. The first kappa shape index (κ1) is 17.8. The molecule has 4 aliphatic carbocycles. The summed E-state index contributed by atoms with van der Waals surface area (Å²) in [6, 6.07) is 0. The normalized spacial score (nSPS) is 36.0. The Balaban J connectivity index is 1.32. The van der Waals surface area contributed by atoms with Crippen LogP contribution in [0, 0.1) is 23.7 Å². The van der Waals surface area contributed by atoms with E-state index in [9.17, 15) is 14.4 Å². The van der Waals surface area contributed by atoms with Crippen molar-refractivity contribution in [2.75, 3.05) is 19.7 Å². The predicted molar refractivity (Wildman–Crippen MR) is 95.0 cm³/mol. The van der Waals surface area contributed by atoms with Crippen LogP contribution < -0.4 is 5.32 Å². The van der Waals surface area contributed by atoms with Crippen molar-refractivity contribution in [3.8, 4) is 0 Å². The molecule has 26 heavy (non-hydrogen) atoms. The zero-order valence-electron chi connectivity index (χ0n) is 15.7. The molecule has 2 amide bonds. The van der Waals surface area contributed by atoms with Gasteiger partial charge in [-0.25, -0.2) is 0 Å². The van der Waals surface area contributed by atoms with Crippen LogP contribution in [0.25, 0.3) is 0 Å². The van der Waals surface area contributed by atoms with E-state index in [4.69, 9.17) is 4.74 Å². The van der Waals surface area contributed by atoms with Gasteiger partial charge in [0.15, 0.2) is 0 Å². The molecule has 1 aliphatic heterocycles. The SMILES string of the molecule is CCOC(=O)C1CCN(C(=O)C(=O)NC23CC4CC(CC(C4)C2)C3)CC1. The Bertz CT molecular complexity index is 559. The molecule has 1 saturated heterocycles. The van der Waals surface area contributed by atoms with E-state index in [0.717, 1.165) is 37.0 Å². The zero-order valence-corrected chi connectivity index (χ0v) is 15.7. The quantitative estimate of drug-likeness (QED) is 0.614. The molecule has 4 bridgehead atoms. The highest BCUT2D eigenvalue weighted by Crippen LogP contribution is 2.55. The molecule has 1 N–H and O–H groups in total.